The number of thiocarbonyl (C=S) groups is 1. The highest BCUT2D eigenvalue weighted by Crippen LogP contribution is 2.20. The number of morpholine rings is 1. The first kappa shape index (κ1) is 18.6. The first-order chi connectivity index (χ1) is 12.1. The van der Waals surface area contributed by atoms with Gasteiger partial charge in [-0.25, -0.2) is 0 Å². The van der Waals surface area contributed by atoms with Crippen LogP contribution in [0.4, 0.5) is 5.69 Å². The molecule has 1 saturated heterocycles. The van der Waals surface area contributed by atoms with Crippen LogP contribution in [0, 0.1) is 0 Å². The van der Waals surface area contributed by atoms with Crippen molar-refractivity contribution in [3.63, 3.8) is 0 Å². The van der Waals surface area contributed by atoms with E-state index in [4.69, 9.17) is 28.6 Å². The molecule has 3 N–H and O–H groups in total. The molecule has 2 atom stereocenters. The van der Waals surface area contributed by atoms with Crippen LogP contribution in [0.25, 0.3) is 0 Å². The molecule has 1 fully saturated rings. The summed E-state index contributed by atoms with van der Waals surface area (Å²) in [5, 5.41) is 10.1. The Morgan fingerprint density at radius 2 is 2.08 bits per heavy atom. The zero-order valence-electron chi connectivity index (χ0n) is 14.1. The van der Waals surface area contributed by atoms with Crippen LogP contribution >= 0.6 is 35.2 Å². The monoisotopic (exact) mass is 396 g/mol. The van der Waals surface area contributed by atoms with E-state index in [2.05, 4.69) is 35.1 Å². The fourth-order valence-corrected chi connectivity index (χ4v) is 4.72. The number of hydrogen-bond donors (Lipinski definition) is 3. The molecule has 25 heavy (non-hydrogen) atoms. The molecular weight excluding hydrogens is 374 g/mol. The Hall–Kier alpha value is -1.18. The SMILES string of the molecule is C[C@@H](NC(=S)Nc1cccc(Cl)c1)[C@H](c1cccs1)[NH+]1CCOCC1. The molecule has 1 aliphatic rings. The lowest BCUT2D eigenvalue weighted by Gasteiger charge is -2.35. The van der Waals surface area contributed by atoms with E-state index in [1.54, 1.807) is 16.2 Å². The van der Waals surface area contributed by atoms with E-state index in [1.807, 2.05) is 24.3 Å². The molecule has 0 aliphatic carbocycles. The van der Waals surface area contributed by atoms with E-state index in [0.717, 1.165) is 32.0 Å². The number of rotatable bonds is 5. The van der Waals surface area contributed by atoms with Crippen molar-refractivity contribution in [2.24, 2.45) is 0 Å². The van der Waals surface area contributed by atoms with E-state index in [9.17, 15) is 0 Å². The van der Waals surface area contributed by atoms with E-state index in [1.165, 1.54) is 4.88 Å². The van der Waals surface area contributed by atoms with Crippen molar-refractivity contribution >= 4 is 46.0 Å². The van der Waals surface area contributed by atoms with Crippen molar-refractivity contribution in [1.29, 1.82) is 0 Å². The van der Waals surface area contributed by atoms with Crippen LogP contribution in [0.15, 0.2) is 41.8 Å². The number of nitrogens with one attached hydrogen (secondary N) is 3. The summed E-state index contributed by atoms with van der Waals surface area (Å²) >= 11 is 13.3. The van der Waals surface area contributed by atoms with E-state index in [-0.39, 0.29) is 6.04 Å². The summed E-state index contributed by atoms with van der Waals surface area (Å²) in [6.45, 7) is 5.86. The van der Waals surface area contributed by atoms with Gasteiger partial charge < -0.3 is 20.3 Å². The summed E-state index contributed by atoms with van der Waals surface area (Å²) in [7, 11) is 0. The minimum Gasteiger partial charge on any atom is -0.370 e. The maximum absolute atomic E-state index is 6.04. The summed E-state index contributed by atoms with van der Waals surface area (Å²) in [6, 6.07) is 12.4. The van der Waals surface area contributed by atoms with Gasteiger partial charge in [-0.05, 0) is 48.8 Å². The fourth-order valence-electron chi connectivity index (χ4n) is 3.24. The lowest BCUT2D eigenvalue weighted by atomic mass is 10.1. The van der Waals surface area contributed by atoms with Gasteiger partial charge in [-0.2, -0.15) is 0 Å². The highest BCUT2D eigenvalue weighted by Gasteiger charge is 2.32. The van der Waals surface area contributed by atoms with Gasteiger partial charge in [-0.15, -0.1) is 11.3 Å². The highest BCUT2D eigenvalue weighted by molar-refractivity contribution is 7.80. The molecule has 1 aromatic heterocycles. The minimum absolute atomic E-state index is 0.200. The van der Waals surface area contributed by atoms with Crippen LogP contribution in [-0.2, 0) is 4.74 Å². The average Bonchev–Trinajstić information content (AvgIpc) is 3.10. The second kappa shape index (κ2) is 8.96. The van der Waals surface area contributed by atoms with Crippen molar-refractivity contribution in [3.8, 4) is 0 Å². The quantitative estimate of drug-likeness (QED) is 0.679. The molecule has 3 rings (SSSR count). The van der Waals surface area contributed by atoms with Crippen LogP contribution in [0.3, 0.4) is 0 Å². The van der Waals surface area contributed by atoms with Gasteiger partial charge in [0, 0.05) is 10.7 Å². The number of thiophene rings is 1. The molecule has 1 aliphatic heterocycles. The number of hydrogen-bond acceptors (Lipinski definition) is 3. The molecule has 7 heteroatoms. The third kappa shape index (κ3) is 5.15. The van der Waals surface area contributed by atoms with Crippen LogP contribution < -0.4 is 15.5 Å². The number of ether oxygens (including phenoxy) is 1. The third-order valence-electron chi connectivity index (χ3n) is 4.37. The van der Waals surface area contributed by atoms with Gasteiger partial charge in [-0.1, -0.05) is 23.7 Å². The molecule has 1 aromatic carbocycles. The van der Waals surface area contributed by atoms with Gasteiger partial charge in [0.1, 0.15) is 19.1 Å². The molecule has 0 unspecified atom stereocenters. The summed E-state index contributed by atoms with van der Waals surface area (Å²) in [6.07, 6.45) is 0. The van der Waals surface area contributed by atoms with Crippen molar-refractivity contribution in [2.45, 2.75) is 19.0 Å². The average molecular weight is 397 g/mol. The van der Waals surface area contributed by atoms with E-state index < -0.39 is 0 Å². The van der Waals surface area contributed by atoms with Crippen molar-refractivity contribution in [2.75, 3.05) is 31.6 Å². The van der Waals surface area contributed by atoms with Crippen LogP contribution in [-0.4, -0.2) is 37.5 Å². The van der Waals surface area contributed by atoms with Crippen LogP contribution in [0.5, 0.6) is 0 Å². The molecule has 0 amide bonds. The smallest absolute Gasteiger partial charge is 0.171 e. The fraction of sp³-hybridized carbons (Fsp3) is 0.389. The second-order valence-corrected chi connectivity index (χ2v) is 7.99. The number of halogens is 1. The molecular formula is C18H23ClN3OS2+. The maximum Gasteiger partial charge on any atom is 0.171 e. The molecule has 2 heterocycles. The normalized spacial score (nSPS) is 17.7. The predicted molar refractivity (Wildman–Crippen MR) is 109 cm³/mol. The standard InChI is InChI=1S/C18H22ClN3OS2/c1-13(20-18(24)21-15-5-2-4-14(19)12-15)17(16-6-3-11-25-16)22-7-9-23-10-8-22/h2-6,11-13,17H,7-10H2,1H3,(H2,20,21,24)/p+1/t13-,17-/m1/s1. The van der Waals surface area contributed by atoms with Gasteiger partial charge in [0.15, 0.2) is 5.11 Å². The van der Waals surface area contributed by atoms with E-state index >= 15 is 0 Å². The summed E-state index contributed by atoms with van der Waals surface area (Å²) in [4.78, 5) is 2.92. The first-order valence-electron chi connectivity index (χ1n) is 8.42. The second-order valence-electron chi connectivity index (χ2n) is 6.16. The first-order valence-corrected chi connectivity index (χ1v) is 10.1. The Balaban J connectivity index is 1.67. The Morgan fingerprint density at radius 3 is 2.76 bits per heavy atom. The molecule has 0 bridgehead atoms. The molecule has 0 radical (unpaired) electrons. The summed E-state index contributed by atoms with van der Waals surface area (Å²) in [5.74, 6) is 0. The number of anilines is 1. The zero-order chi connectivity index (χ0) is 17.6. The van der Waals surface area contributed by atoms with E-state index in [0.29, 0.717) is 16.2 Å². The van der Waals surface area contributed by atoms with Crippen LogP contribution in [0.1, 0.15) is 17.8 Å². The zero-order valence-corrected chi connectivity index (χ0v) is 16.5. The molecule has 0 saturated carbocycles. The lowest BCUT2D eigenvalue weighted by molar-refractivity contribution is -0.939. The molecule has 0 spiro atoms. The summed E-state index contributed by atoms with van der Waals surface area (Å²) < 4.78 is 5.53. The molecule has 4 nitrogen and oxygen atoms in total. The predicted octanol–water partition coefficient (Wildman–Crippen LogP) is 2.73. The lowest BCUT2D eigenvalue weighted by Crippen LogP contribution is -3.15. The maximum atomic E-state index is 6.04. The summed E-state index contributed by atoms with van der Waals surface area (Å²) in [5.41, 5.74) is 0.892. The number of benzene rings is 1. The number of quaternary nitrogens is 1. The van der Waals surface area contributed by atoms with Gasteiger partial charge in [-0.3, -0.25) is 0 Å². The topological polar surface area (TPSA) is 37.7 Å². The Bertz CT molecular complexity index is 689. The van der Waals surface area contributed by atoms with Crippen LogP contribution in [0.2, 0.25) is 5.02 Å². The van der Waals surface area contributed by atoms with Crippen molar-refractivity contribution < 1.29 is 9.64 Å². The highest BCUT2D eigenvalue weighted by atomic mass is 35.5. The van der Waals surface area contributed by atoms with Gasteiger partial charge >= 0.3 is 0 Å². The Kier molecular flexibility index (Phi) is 6.67. The Morgan fingerprint density at radius 1 is 1.28 bits per heavy atom. The van der Waals surface area contributed by atoms with Crippen molar-refractivity contribution in [3.05, 3.63) is 51.7 Å². The Labute approximate surface area is 163 Å². The largest absolute Gasteiger partial charge is 0.370 e. The van der Waals surface area contributed by atoms with Gasteiger partial charge in [0.2, 0.25) is 0 Å². The molecule has 2 aromatic rings. The minimum atomic E-state index is 0.200. The van der Waals surface area contributed by atoms with Gasteiger partial charge in [0.25, 0.3) is 0 Å². The molecule has 134 valence electrons. The third-order valence-corrected chi connectivity index (χ3v) is 5.78. The van der Waals surface area contributed by atoms with Gasteiger partial charge in [0.05, 0.1) is 24.1 Å². The van der Waals surface area contributed by atoms with Crippen molar-refractivity contribution in [1.82, 2.24) is 5.32 Å².